The van der Waals surface area contributed by atoms with E-state index in [2.05, 4.69) is 10.6 Å². The highest BCUT2D eigenvalue weighted by atomic mass is 16.2. The molecule has 0 aromatic heterocycles. The number of nitrogens with one attached hydrogen (secondary N) is 2. The second-order valence-corrected chi connectivity index (χ2v) is 9.48. The van der Waals surface area contributed by atoms with Gasteiger partial charge in [-0.3, -0.25) is 19.3 Å². The molecule has 174 valence electrons. The van der Waals surface area contributed by atoms with Crippen LogP contribution in [0.2, 0.25) is 0 Å². The van der Waals surface area contributed by atoms with Crippen molar-refractivity contribution in [3.05, 3.63) is 59.2 Å². The first kappa shape index (κ1) is 23.0. The van der Waals surface area contributed by atoms with Gasteiger partial charge in [0.2, 0.25) is 5.91 Å². The third-order valence-corrected chi connectivity index (χ3v) is 7.06. The van der Waals surface area contributed by atoms with Gasteiger partial charge in [-0.25, -0.2) is 0 Å². The third kappa shape index (κ3) is 4.52. The largest absolute Gasteiger partial charge is 0.344 e. The molecule has 6 heteroatoms. The molecule has 1 atom stereocenters. The van der Waals surface area contributed by atoms with E-state index in [1.54, 1.807) is 4.90 Å². The Kier molecular flexibility index (Phi) is 6.54. The summed E-state index contributed by atoms with van der Waals surface area (Å²) in [5.41, 5.74) is 3.56. The lowest BCUT2D eigenvalue weighted by molar-refractivity contribution is -0.129. The lowest BCUT2D eigenvalue weighted by atomic mass is 9.78. The number of rotatable bonds is 5. The zero-order valence-electron chi connectivity index (χ0n) is 19.7. The van der Waals surface area contributed by atoms with Gasteiger partial charge < -0.3 is 10.6 Å². The molecule has 4 rings (SSSR count). The molecule has 33 heavy (non-hydrogen) atoms. The predicted molar refractivity (Wildman–Crippen MR) is 130 cm³/mol. The molecule has 1 aliphatic carbocycles. The van der Waals surface area contributed by atoms with Gasteiger partial charge >= 0.3 is 0 Å². The Bertz CT molecular complexity index is 1030. The minimum absolute atomic E-state index is 0.116. The van der Waals surface area contributed by atoms with Crippen LogP contribution in [0, 0.1) is 20.8 Å². The van der Waals surface area contributed by atoms with Crippen molar-refractivity contribution in [3.63, 3.8) is 0 Å². The minimum Gasteiger partial charge on any atom is -0.344 e. The summed E-state index contributed by atoms with van der Waals surface area (Å²) in [6.07, 6.45) is 4.73. The molecule has 2 aliphatic rings. The molecule has 3 amide bonds. The lowest BCUT2D eigenvalue weighted by Gasteiger charge is -2.46. The Morgan fingerprint density at radius 2 is 1.61 bits per heavy atom. The fourth-order valence-electron chi connectivity index (χ4n) is 5.16. The van der Waals surface area contributed by atoms with E-state index in [9.17, 15) is 14.4 Å². The molecule has 2 aromatic rings. The summed E-state index contributed by atoms with van der Waals surface area (Å²) in [5.74, 6) is -0.476. The quantitative estimate of drug-likeness (QED) is 0.705. The number of anilines is 2. The van der Waals surface area contributed by atoms with Crippen molar-refractivity contribution in [2.24, 2.45) is 0 Å². The summed E-state index contributed by atoms with van der Waals surface area (Å²) in [7, 11) is 0. The van der Waals surface area contributed by atoms with Crippen molar-refractivity contribution in [1.29, 1.82) is 0 Å². The first-order valence-corrected chi connectivity index (χ1v) is 11.9. The summed E-state index contributed by atoms with van der Waals surface area (Å²) in [6.45, 7) is 5.96. The predicted octanol–water partition coefficient (Wildman–Crippen LogP) is 4.57. The Morgan fingerprint density at radius 1 is 0.970 bits per heavy atom. The Balaban J connectivity index is 1.78. The van der Waals surface area contributed by atoms with E-state index in [1.807, 2.05) is 63.2 Å². The maximum absolute atomic E-state index is 14.1. The minimum atomic E-state index is -1.01. The van der Waals surface area contributed by atoms with Gasteiger partial charge in [-0.05, 0) is 63.3 Å². The Labute approximate surface area is 195 Å². The number of carbonyl (C=O) groups is 3. The zero-order chi connectivity index (χ0) is 23.6. The van der Waals surface area contributed by atoms with Crippen LogP contribution in [0.5, 0.6) is 0 Å². The average molecular weight is 448 g/mol. The molecular weight excluding hydrogens is 414 g/mol. The molecule has 2 fully saturated rings. The summed E-state index contributed by atoms with van der Waals surface area (Å²) in [4.78, 5) is 41.6. The number of aryl methyl sites for hydroxylation is 3. The van der Waals surface area contributed by atoms with Crippen LogP contribution >= 0.6 is 0 Å². The number of nitrogens with zero attached hydrogens (tertiary/aromatic N) is 1. The number of amides is 3. The van der Waals surface area contributed by atoms with Gasteiger partial charge in [0.15, 0.2) is 0 Å². The molecule has 2 N–H and O–H groups in total. The second-order valence-electron chi connectivity index (χ2n) is 9.48. The normalized spacial score (nSPS) is 19.6. The molecule has 1 saturated carbocycles. The molecule has 2 aromatic carbocycles. The fraction of sp³-hybridized carbons (Fsp3) is 0.444. The molecular formula is C27H33N3O3. The number of para-hydroxylation sites is 1. The van der Waals surface area contributed by atoms with Crippen LogP contribution < -0.4 is 15.5 Å². The van der Waals surface area contributed by atoms with Crippen molar-refractivity contribution in [2.75, 3.05) is 10.2 Å². The molecule has 1 aliphatic heterocycles. The van der Waals surface area contributed by atoms with Crippen LogP contribution in [0.15, 0.2) is 42.5 Å². The Hall–Kier alpha value is -3.15. The van der Waals surface area contributed by atoms with Crippen molar-refractivity contribution in [2.45, 2.75) is 77.3 Å². The van der Waals surface area contributed by atoms with E-state index in [1.165, 1.54) is 0 Å². The summed E-state index contributed by atoms with van der Waals surface area (Å²) in [6, 6.07) is 13.1. The highest BCUT2D eigenvalue weighted by Gasteiger charge is 2.50. The van der Waals surface area contributed by atoms with E-state index in [-0.39, 0.29) is 17.7 Å². The van der Waals surface area contributed by atoms with Crippen molar-refractivity contribution >= 4 is 29.1 Å². The summed E-state index contributed by atoms with van der Waals surface area (Å²) in [5, 5.41) is 6.00. The number of hydrogen-bond acceptors (Lipinski definition) is 3. The van der Waals surface area contributed by atoms with E-state index < -0.39 is 11.6 Å². The van der Waals surface area contributed by atoms with Crippen LogP contribution in [0.3, 0.4) is 0 Å². The topological polar surface area (TPSA) is 78.5 Å². The van der Waals surface area contributed by atoms with Crippen LogP contribution in [0.4, 0.5) is 11.4 Å². The highest BCUT2D eigenvalue weighted by Crippen LogP contribution is 2.39. The van der Waals surface area contributed by atoms with E-state index >= 15 is 0 Å². The van der Waals surface area contributed by atoms with Crippen LogP contribution in [-0.4, -0.2) is 29.3 Å². The number of carbonyl (C=O) groups excluding carboxylic acids is 3. The van der Waals surface area contributed by atoms with Crippen molar-refractivity contribution in [3.8, 4) is 0 Å². The maximum atomic E-state index is 14.1. The fourth-order valence-corrected chi connectivity index (χ4v) is 5.16. The van der Waals surface area contributed by atoms with Crippen molar-refractivity contribution < 1.29 is 14.4 Å². The highest BCUT2D eigenvalue weighted by molar-refractivity contribution is 6.11. The molecule has 1 heterocycles. The molecule has 0 bridgehead atoms. The van der Waals surface area contributed by atoms with Crippen LogP contribution in [0.25, 0.3) is 0 Å². The van der Waals surface area contributed by atoms with Gasteiger partial charge in [0, 0.05) is 17.8 Å². The lowest BCUT2D eigenvalue weighted by Crippen LogP contribution is -2.63. The van der Waals surface area contributed by atoms with E-state index in [0.717, 1.165) is 41.6 Å². The second kappa shape index (κ2) is 9.38. The van der Waals surface area contributed by atoms with Crippen LogP contribution in [0.1, 0.15) is 61.6 Å². The molecule has 0 unspecified atom stereocenters. The average Bonchev–Trinajstić information content (AvgIpc) is 3.24. The van der Waals surface area contributed by atoms with Gasteiger partial charge in [0.05, 0.1) is 0 Å². The summed E-state index contributed by atoms with van der Waals surface area (Å²) >= 11 is 0. The number of benzene rings is 2. The van der Waals surface area contributed by atoms with Gasteiger partial charge in [0.1, 0.15) is 11.6 Å². The Morgan fingerprint density at radius 3 is 2.18 bits per heavy atom. The van der Waals surface area contributed by atoms with Gasteiger partial charge in [0.25, 0.3) is 11.8 Å². The molecule has 1 saturated heterocycles. The SMILES string of the molecule is Cc1ccc(N(C(=O)[C@H]2CCC(=O)N2)C2(C(=O)Nc3c(C)cccc3C)CCCCC2)cc1. The number of hydrogen-bond donors (Lipinski definition) is 2. The zero-order valence-corrected chi connectivity index (χ0v) is 19.7. The third-order valence-electron chi connectivity index (χ3n) is 7.06. The summed E-state index contributed by atoms with van der Waals surface area (Å²) < 4.78 is 0. The first-order valence-electron chi connectivity index (χ1n) is 11.9. The van der Waals surface area contributed by atoms with Gasteiger partial charge in [-0.15, -0.1) is 0 Å². The molecule has 0 spiro atoms. The van der Waals surface area contributed by atoms with E-state index in [0.29, 0.717) is 31.4 Å². The van der Waals surface area contributed by atoms with Gasteiger partial charge in [-0.2, -0.15) is 0 Å². The molecule has 0 radical (unpaired) electrons. The maximum Gasteiger partial charge on any atom is 0.250 e. The van der Waals surface area contributed by atoms with Gasteiger partial charge in [-0.1, -0.05) is 55.2 Å². The smallest absolute Gasteiger partial charge is 0.250 e. The standard InChI is InChI=1S/C27H33N3O3/c1-18-10-12-21(13-11-18)30(25(32)22-14-15-23(31)28-22)27(16-5-4-6-17-27)26(33)29-24-19(2)8-7-9-20(24)3/h7-13,22H,4-6,14-17H2,1-3H3,(H,28,31)(H,29,33)/t22-/m1/s1. The van der Waals surface area contributed by atoms with E-state index in [4.69, 9.17) is 0 Å². The molecule has 6 nitrogen and oxygen atoms in total. The van der Waals surface area contributed by atoms with Crippen molar-refractivity contribution in [1.82, 2.24) is 5.32 Å². The monoisotopic (exact) mass is 447 g/mol. The van der Waals surface area contributed by atoms with Crippen LogP contribution in [-0.2, 0) is 14.4 Å². The first-order chi connectivity index (χ1) is 15.8.